The van der Waals surface area contributed by atoms with Gasteiger partial charge in [0.05, 0.1) is 19.1 Å². The molecule has 0 radical (unpaired) electrons. The van der Waals surface area contributed by atoms with E-state index in [2.05, 4.69) is 24.8 Å². The summed E-state index contributed by atoms with van der Waals surface area (Å²) in [4.78, 5) is 13.4. The van der Waals surface area contributed by atoms with Crippen LogP contribution in [0.4, 0.5) is 0 Å². The third-order valence-corrected chi connectivity index (χ3v) is 2.30. The molecule has 0 saturated heterocycles. The van der Waals surface area contributed by atoms with Crippen LogP contribution in [0, 0.1) is 23.2 Å². The summed E-state index contributed by atoms with van der Waals surface area (Å²) in [6.07, 6.45) is 0.501. The SMILES string of the molecule is COC(=O)C(C)CN(CCC#N)CC(C)C. The average molecular weight is 226 g/mol. The van der Waals surface area contributed by atoms with Crippen molar-refractivity contribution in [3.63, 3.8) is 0 Å². The molecule has 0 aromatic heterocycles. The maximum Gasteiger partial charge on any atom is 0.309 e. The molecule has 0 aromatic rings. The Bertz CT molecular complexity index is 246. The summed E-state index contributed by atoms with van der Waals surface area (Å²) in [6, 6.07) is 2.13. The summed E-state index contributed by atoms with van der Waals surface area (Å²) in [7, 11) is 1.40. The van der Waals surface area contributed by atoms with Gasteiger partial charge in [0.25, 0.3) is 0 Å². The summed E-state index contributed by atoms with van der Waals surface area (Å²) in [5.41, 5.74) is 0. The lowest BCUT2D eigenvalue weighted by Gasteiger charge is -2.25. The molecular formula is C12H22N2O2. The van der Waals surface area contributed by atoms with Crippen molar-refractivity contribution in [3.8, 4) is 6.07 Å². The standard InChI is InChI=1S/C12H22N2O2/c1-10(2)8-14(7-5-6-13)9-11(3)12(15)16-4/h10-11H,5,7-9H2,1-4H3. The average Bonchev–Trinajstić information content (AvgIpc) is 2.23. The van der Waals surface area contributed by atoms with Gasteiger partial charge in [0.15, 0.2) is 0 Å². The van der Waals surface area contributed by atoms with E-state index in [9.17, 15) is 4.79 Å². The van der Waals surface area contributed by atoms with E-state index in [1.54, 1.807) is 0 Å². The number of hydrogen-bond acceptors (Lipinski definition) is 4. The molecule has 92 valence electrons. The molecular weight excluding hydrogens is 204 g/mol. The number of nitriles is 1. The van der Waals surface area contributed by atoms with E-state index in [-0.39, 0.29) is 11.9 Å². The molecule has 16 heavy (non-hydrogen) atoms. The van der Waals surface area contributed by atoms with Crippen molar-refractivity contribution in [2.75, 3.05) is 26.7 Å². The fourth-order valence-corrected chi connectivity index (χ4v) is 1.64. The van der Waals surface area contributed by atoms with Gasteiger partial charge in [-0.25, -0.2) is 0 Å². The van der Waals surface area contributed by atoms with Crippen molar-refractivity contribution in [2.24, 2.45) is 11.8 Å². The largest absolute Gasteiger partial charge is 0.469 e. The number of hydrogen-bond donors (Lipinski definition) is 0. The summed E-state index contributed by atoms with van der Waals surface area (Å²) in [6.45, 7) is 8.39. The first kappa shape index (κ1) is 14.9. The molecule has 0 aromatic carbocycles. The predicted octanol–water partition coefficient (Wildman–Crippen LogP) is 1.67. The van der Waals surface area contributed by atoms with Gasteiger partial charge in [-0.15, -0.1) is 0 Å². The molecule has 0 saturated carbocycles. The summed E-state index contributed by atoms with van der Waals surface area (Å²) < 4.78 is 4.69. The lowest BCUT2D eigenvalue weighted by molar-refractivity contribution is -0.145. The van der Waals surface area contributed by atoms with Crippen LogP contribution in [0.5, 0.6) is 0 Å². The highest BCUT2D eigenvalue weighted by molar-refractivity contribution is 5.72. The van der Waals surface area contributed by atoms with Gasteiger partial charge in [-0.1, -0.05) is 20.8 Å². The van der Waals surface area contributed by atoms with Gasteiger partial charge in [0.1, 0.15) is 0 Å². The van der Waals surface area contributed by atoms with Crippen molar-refractivity contribution in [2.45, 2.75) is 27.2 Å². The van der Waals surface area contributed by atoms with Gasteiger partial charge in [-0.05, 0) is 5.92 Å². The molecule has 0 fully saturated rings. The Labute approximate surface area is 98.2 Å². The van der Waals surface area contributed by atoms with Gasteiger partial charge >= 0.3 is 5.97 Å². The normalized spacial score (nSPS) is 12.6. The van der Waals surface area contributed by atoms with Crippen LogP contribution in [-0.4, -0.2) is 37.6 Å². The minimum atomic E-state index is -0.189. The quantitative estimate of drug-likeness (QED) is 0.620. The molecule has 0 spiro atoms. The van der Waals surface area contributed by atoms with Crippen molar-refractivity contribution in [1.29, 1.82) is 5.26 Å². The van der Waals surface area contributed by atoms with Crippen molar-refractivity contribution >= 4 is 5.97 Å². The zero-order valence-corrected chi connectivity index (χ0v) is 10.7. The molecule has 4 heteroatoms. The Hall–Kier alpha value is -1.08. The molecule has 0 aliphatic carbocycles. The molecule has 0 heterocycles. The van der Waals surface area contributed by atoms with Gasteiger partial charge in [0, 0.05) is 26.1 Å². The van der Waals surface area contributed by atoms with Crippen LogP contribution in [0.15, 0.2) is 0 Å². The number of esters is 1. The molecule has 0 aliphatic heterocycles. The second-order valence-electron chi connectivity index (χ2n) is 4.49. The Kier molecular flexibility index (Phi) is 7.57. The molecule has 0 rings (SSSR count). The highest BCUT2D eigenvalue weighted by atomic mass is 16.5. The molecule has 1 atom stereocenters. The van der Waals surface area contributed by atoms with E-state index in [1.165, 1.54) is 7.11 Å². The third kappa shape index (κ3) is 6.41. The van der Waals surface area contributed by atoms with Crippen LogP contribution >= 0.6 is 0 Å². The fourth-order valence-electron chi connectivity index (χ4n) is 1.64. The van der Waals surface area contributed by atoms with Crippen molar-refractivity contribution in [1.82, 2.24) is 4.90 Å². The van der Waals surface area contributed by atoms with E-state index in [4.69, 9.17) is 10.00 Å². The number of carbonyl (C=O) groups excluding carboxylic acids is 1. The van der Waals surface area contributed by atoms with E-state index < -0.39 is 0 Å². The molecule has 0 amide bonds. The minimum Gasteiger partial charge on any atom is -0.469 e. The van der Waals surface area contributed by atoms with Gasteiger partial charge < -0.3 is 9.64 Å². The Morgan fingerprint density at radius 3 is 2.44 bits per heavy atom. The number of rotatable bonds is 7. The fraction of sp³-hybridized carbons (Fsp3) is 0.833. The van der Waals surface area contributed by atoms with Crippen LogP contribution in [0.2, 0.25) is 0 Å². The molecule has 0 bridgehead atoms. The third-order valence-electron chi connectivity index (χ3n) is 2.30. The summed E-state index contributed by atoms with van der Waals surface area (Å²) in [5.74, 6) is 0.205. The molecule has 1 unspecified atom stereocenters. The first-order valence-corrected chi connectivity index (χ1v) is 5.68. The highest BCUT2D eigenvalue weighted by Crippen LogP contribution is 2.06. The monoisotopic (exact) mass is 226 g/mol. The van der Waals surface area contributed by atoms with Crippen LogP contribution in [0.1, 0.15) is 27.2 Å². The van der Waals surface area contributed by atoms with E-state index in [1.807, 2.05) is 6.92 Å². The second-order valence-corrected chi connectivity index (χ2v) is 4.49. The first-order valence-electron chi connectivity index (χ1n) is 5.68. The predicted molar refractivity (Wildman–Crippen MR) is 62.7 cm³/mol. The Morgan fingerprint density at radius 2 is 2.00 bits per heavy atom. The van der Waals surface area contributed by atoms with Gasteiger partial charge in [-0.3, -0.25) is 4.79 Å². The lowest BCUT2D eigenvalue weighted by atomic mass is 10.1. The van der Waals surface area contributed by atoms with Crippen LogP contribution in [-0.2, 0) is 9.53 Å². The molecule has 0 N–H and O–H groups in total. The van der Waals surface area contributed by atoms with Crippen molar-refractivity contribution in [3.05, 3.63) is 0 Å². The smallest absolute Gasteiger partial charge is 0.309 e. The van der Waals surface area contributed by atoms with Gasteiger partial charge in [0.2, 0.25) is 0 Å². The van der Waals surface area contributed by atoms with Crippen LogP contribution in [0.25, 0.3) is 0 Å². The lowest BCUT2D eigenvalue weighted by Crippen LogP contribution is -2.35. The summed E-state index contributed by atoms with van der Waals surface area (Å²) >= 11 is 0. The van der Waals surface area contributed by atoms with Gasteiger partial charge in [-0.2, -0.15) is 5.26 Å². The highest BCUT2D eigenvalue weighted by Gasteiger charge is 2.17. The Morgan fingerprint density at radius 1 is 1.38 bits per heavy atom. The number of ether oxygens (including phenoxy) is 1. The zero-order valence-electron chi connectivity index (χ0n) is 10.7. The molecule has 4 nitrogen and oxygen atoms in total. The minimum absolute atomic E-state index is 0.137. The van der Waals surface area contributed by atoms with E-state index in [0.717, 1.165) is 13.1 Å². The molecule has 0 aliphatic rings. The second kappa shape index (κ2) is 8.12. The topological polar surface area (TPSA) is 53.3 Å². The van der Waals surface area contributed by atoms with E-state index >= 15 is 0 Å². The first-order chi connectivity index (χ1) is 7.51. The van der Waals surface area contributed by atoms with Crippen LogP contribution < -0.4 is 0 Å². The number of methoxy groups -OCH3 is 1. The van der Waals surface area contributed by atoms with Crippen LogP contribution in [0.3, 0.4) is 0 Å². The van der Waals surface area contributed by atoms with Crippen molar-refractivity contribution < 1.29 is 9.53 Å². The maximum atomic E-state index is 11.3. The Balaban J connectivity index is 4.19. The number of nitrogens with zero attached hydrogens (tertiary/aromatic N) is 2. The zero-order chi connectivity index (χ0) is 12.6. The number of carbonyl (C=O) groups is 1. The van der Waals surface area contributed by atoms with E-state index in [0.29, 0.717) is 18.9 Å². The summed E-state index contributed by atoms with van der Waals surface area (Å²) in [5, 5.41) is 8.57. The maximum absolute atomic E-state index is 11.3.